The number of carboxylic acids is 1. The van der Waals surface area contributed by atoms with E-state index in [-0.39, 0.29) is 11.6 Å². The van der Waals surface area contributed by atoms with Gasteiger partial charge in [0, 0.05) is 38.6 Å². The summed E-state index contributed by atoms with van der Waals surface area (Å²) in [5.41, 5.74) is 3.09. The highest BCUT2D eigenvalue weighted by Crippen LogP contribution is 2.33. The Morgan fingerprint density at radius 3 is 1.88 bits per heavy atom. The summed E-state index contributed by atoms with van der Waals surface area (Å²) in [7, 11) is 1.63. The first-order valence-corrected chi connectivity index (χ1v) is 11.5. The van der Waals surface area contributed by atoms with Crippen molar-refractivity contribution in [1.82, 2.24) is 9.47 Å². The number of fused-ring (bicyclic) bond motifs is 1. The van der Waals surface area contributed by atoms with Gasteiger partial charge < -0.3 is 14.6 Å². The molecule has 0 radical (unpaired) electrons. The van der Waals surface area contributed by atoms with Crippen LogP contribution in [0.5, 0.6) is 0 Å². The van der Waals surface area contributed by atoms with E-state index in [1.165, 1.54) is 15.7 Å². The summed E-state index contributed by atoms with van der Waals surface area (Å²) in [6.45, 7) is 2.76. The number of hydrogen-bond acceptors (Lipinski definition) is 4. The molecule has 1 N–H and O–H groups in total. The lowest BCUT2D eigenvalue weighted by Gasteiger charge is -2.41. The molecule has 3 aromatic carbocycles. The predicted octanol–water partition coefficient (Wildman–Crippen LogP) is 4.15. The van der Waals surface area contributed by atoms with Crippen molar-refractivity contribution in [2.45, 2.75) is 6.04 Å². The molecular formula is C28H27N3O3. The fraction of sp³-hybridized carbons (Fsp3) is 0.214. The predicted molar refractivity (Wildman–Crippen MR) is 135 cm³/mol. The van der Waals surface area contributed by atoms with Crippen molar-refractivity contribution in [2.24, 2.45) is 7.05 Å². The van der Waals surface area contributed by atoms with Crippen LogP contribution >= 0.6 is 0 Å². The van der Waals surface area contributed by atoms with Gasteiger partial charge in [0.15, 0.2) is 0 Å². The van der Waals surface area contributed by atoms with E-state index in [1.807, 2.05) is 36.4 Å². The van der Waals surface area contributed by atoms with Crippen LogP contribution in [0, 0.1) is 0 Å². The van der Waals surface area contributed by atoms with E-state index in [0.717, 1.165) is 24.0 Å². The van der Waals surface area contributed by atoms with E-state index in [9.17, 15) is 14.7 Å². The number of pyridine rings is 1. The fourth-order valence-corrected chi connectivity index (χ4v) is 5.09. The molecule has 1 saturated heterocycles. The van der Waals surface area contributed by atoms with E-state index in [0.29, 0.717) is 18.8 Å². The molecule has 0 spiro atoms. The van der Waals surface area contributed by atoms with Crippen molar-refractivity contribution in [1.29, 1.82) is 0 Å². The Morgan fingerprint density at radius 1 is 0.794 bits per heavy atom. The molecule has 1 fully saturated rings. The molecular weight excluding hydrogens is 426 g/mol. The van der Waals surface area contributed by atoms with Gasteiger partial charge in [0.05, 0.1) is 17.2 Å². The second-order valence-corrected chi connectivity index (χ2v) is 8.66. The van der Waals surface area contributed by atoms with E-state index in [4.69, 9.17) is 0 Å². The van der Waals surface area contributed by atoms with E-state index in [1.54, 1.807) is 7.05 Å². The van der Waals surface area contributed by atoms with Crippen molar-refractivity contribution in [3.8, 4) is 0 Å². The summed E-state index contributed by atoms with van der Waals surface area (Å²) in [6.07, 6.45) is 0. The van der Waals surface area contributed by atoms with Gasteiger partial charge in [-0.1, -0.05) is 78.9 Å². The molecule has 6 heteroatoms. The summed E-state index contributed by atoms with van der Waals surface area (Å²) < 4.78 is 1.43. The Labute approximate surface area is 198 Å². The van der Waals surface area contributed by atoms with Crippen molar-refractivity contribution in [3.63, 3.8) is 0 Å². The largest absolute Gasteiger partial charge is 0.477 e. The van der Waals surface area contributed by atoms with E-state index < -0.39 is 11.5 Å². The second-order valence-electron chi connectivity index (χ2n) is 8.66. The maximum absolute atomic E-state index is 13.0. The minimum Gasteiger partial charge on any atom is -0.477 e. The first kappa shape index (κ1) is 21.9. The second kappa shape index (κ2) is 9.15. The molecule has 0 bridgehead atoms. The lowest BCUT2D eigenvalue weighted by Crippen LogP contribution is -2.49. The van der Waals surface area contributed by atoms with Gasteiger partial charge in [0.25, 0.3) is 5.56 Å². The van der Waals surface area contributed by atoms with Gasteiger partial charge in [0.1, 0.15) is 5.56 Å². The van der Waals surface area contributed by atoms with E-state index in [2.05, 4.69) is 58.3 Å². The van der Waals surface area contributed by atoms with Crippen LogP contribution < -0.4 is 10.5 Å². The van der Waals surface area contributed by atoms with Gasteiger partial charge in [0.2, 0.25) is 0 Å². The maximum Gasteiger partial charge on any atom is 0.343 e. The summed E-state index contributed by atoms with van der Waals surface area (Å²) in [4.78, 5) is 29.7. The molecule has 0 unspecified atom stereocenters. The molecule has 1 aromatic heterocycles. The quantitative estimate of drug-likeness (QED) is 0.492. The Balaban J connectivity index is 1.51. The van der Waals surface area contributed by atoms with Gasteiger partial charge >= 0.3 is 5.97 Å². The first-order valence-electron chi connectivity index (χ1n) is 11.5. The molecule has 0 atom stereocenters. The normalized spacial score (nSPS) is 14.6. The van der Waals surface area contributed by atoms with Crippen LogP contribution in [-0.4, -0.2) is 46.7 Å². The summed E-state index contributed by atoms with van der Waals surface area (Å²) in [5.74, 6) is -1.18. The van der Waals surface area contributed by atoms with Crippen molar-refractivity contribution < 1.29 is 9.90 Å². The minimum atomic E-state index is -1.18. The number of hydrogen-bond donors (Lipinski definition) is 1. The zero-order chi connectivity index (χ0) is 23.7. The lowest BCUT2D eigenvalue weighted by molar-refractivity contribution is 0.0695. The highest BCUT2D eigenvalue weighted by molar-refractivity contribution is 6.04. The molecule has 5 rings (SSSR count). The van der Waals surface area contributed by atoms with Gasteiger partial charge in [-0.05, 0) is 17.2 Å². The van der Waals surface area contributed by atoms with Crippen LogP contribution in [0.4, 0.5) is 5.69 Å². The number of benzene rings is 3. The number of rotatable bonds is 5. The standard InChI is InChI=1S/C28H27N3O3/c1-29-23-15-9-8-14-22(23)26(24(27(29)32)28(33)34)31-18-16-30(17-19-31)25(20-10-4-2-5-11-20)21-12-6-3-7-13-21/h2-15,25H,16-19H2,1H3,(H,33,34). The molecule has 1 aliphatic rings. The zero-order valence-electron chi connectivity index (χ0n) is 19.1. The topological polar surface area (TPSA) is 65.8 Å². The van der Waals surface area contributed by atoms with Crippen LogP contribution in [0.15, 0.2) is 89.7 Å². The molecule has 0 saturated carbocycles. The van der Waals surface area contributed by atoms with Gasteiger partial charge in [-0.2, -0.15) is 0 Å². The molecule has 1 aliphatic heterocycles. The maximum atomic E-state index is 13.0. The molecule has 172 valence electrons. The highest BCUT2D eigenvalue weighted by atomic mass is 16.4. The minimum absolute atomic E-state index is 0.115. The average molecular weight is 454 g/mol. The van der Waals surface area contributed by atoms with Crippen LogP contribution in [0.1, 0.15) is 27.5 Å². The number of anilines is 1. The average Bonchev–Trinajstić information content (AvgIpc) is 2.88. The van der Waals surface area contributed by atoms with Crippen LogP contribution in [0.25, 0.3) is 10.9 Å². The van der Waals surface area contributed by atoms with Crippen LogP contribution in [-0.2, 0) is 7.05 Å². The Hall–Kier alpha value is -3.90. The Bertz CT molecular complexity index is 1340. The van der Waals surface area contributed by atoms with Crippen molar-refractivity contribution in [2.75, 3.05) is 31.1 Å². The lowest BCUT2D eigenvalue weighted by atomic mass is 9.96. The van der Waals surface area contributed by atoms with Gasteiger partial charge in [-0.3, -0.25) is 9.69 Å². The third kappa shape index (κ3) is 3.86. The molecule has 0 aliphatic carbocycles. The number of carbonyl (C=O) groups is 1. The van der Waals surface area contributed by atoms with Crippen LogP contribution in [0.2, 0.25) is 0 Å². The number of aromatic carboxylic acids is 1. The summed E-state index contributed by atoms with van der Waals surface area (Å²) in [5, 5.41) is 10.7. The fourth-order valence-electron chi connectivity index (χ4n) is 5.09. The Kier molecular flexibility index (Phi) is 5.90. The molecule has 34 heavy (non-hydrogen) atoms. The van der Waals surface area contributed by atoms with Crippen molar-refractivity contribution >= 4 is 22.6 Å². The zero-order valence-corrected chi connectivity index (χ0v) is 19.1. The molecule has 6 nitrogen and oxygen atoms in total. The SMILES string of the molecule is Cn1c(=O)c(C(=O)O)c(N2CCN(C(c3ccccc3)c3ccccc3)CC2)c2ccccc21. The number of para-hydroxylation sites is 1. The Morgan fingerprint density at radius 2 is 1.32 bits per heavy atom. The third-order valence-electron chi connectivity index (χ3n) is 6.72. The van der Waals surface area contributed by atoms with Gasteiger partial charge in [-0.25, -0.2) is 4.79 Å². The monoisotopic (exact) mass is 453 g/mol. The number of carboxylic acid groups (broad SMARTS) is 1. The number of piperazine rings is 1. The number of nitrogens with zero attached hydrogens (tertiary/aromatic N) is 3. The van der Waals surface area contributed by atoms with E-state index >= 15 is 0 Å². The third-order valence-corrected chi connectivity index (χ3v) is 6.72. The summed E-state index contributed by atoms with van der Waals surface area (Å²) >= 11 is 0. The smallest absolute Gasteiger partial charge is 0.343 e. The first-order chi connectivity index (χ1) is 16.6. The van der Waals surface area contributed by atoms with Crippen molar-refractivity contribution in [3.05, 3.63) is 112 Å². The molecule has 2 heterocycles. The highest BCUT2D eigenvalue weighted by Gasteiger charge is 2.30. The number of aromatic nitrogens is 1. The summed E-state index contributed by atoms with van der Waals surface area (Å²) in [6, 6.07) is 28.6. The van der Waals surface area contributed by atoms with Gasteiger partial charge in [-0.15, -0.1) is 0 Å². The molecule has 0 amide bonds. The molecule has 4 aromatic rings. The van der Waals surface area contributed by atoms with Crippen LogP contribution in [0.3, 0.4) is 0 Å². The number of aryl methyl sites for hydroxylation is 1.